The van der Waals surface area contributed by atoms with Crippen LogP contribution in [0.2, 0.25) is 0 Å². The van der Waals surface area contributed by atoms with Gasteiger partial charge < -0.3 is 10.5 Å². The van der Waals surface area contributed by atoms with E-state index in [0.717, 1.165) is 0 Å². The van der Waals surface area contributed by atoms with E-state index in [1.807, 2.05) is 6.07 Å². The third kappa shape index (κ3) is 5.86. The van der Waals surface area contributed by atoms with E-state index < -0.39 is 5.97 Å². The Bertz CT molecular complexity index is 1210. The zero-order valence-electron chi connectivity index (χ0n) is 18.2. The fourth-order valence-corrected chi connectivity index (χ4v) is 2.97. The van der Waals surface area contributed by atoms with E-state index in [1.54, 1.807) is 50.3 Å². The lowest BCUT2D eigenvalue weighted by Gasteiger charge is -2.15. The molecule has 2 heterocycles. The molecule has 1 amide bonds. The molecular formula is C24H23N5O4. The summed E-state index contributed by atoms with van der Waals surface area (Å²) in [5.41, 5.74) is 14.2. The predicted molar refractivity (Wildman–Crippen MR) is 123 cm³/mol. The quantitative estimate of drug-likeness (QED) is 0.158. The summed E-state index contributed by atoms with van der Waals surface area (Å²) in [5, 5.41) is 0. The molecule has 3 rings (SSSR count). The highest BCUT2D eigenvalue weighted by molar-refractivity contribution is 5.96. The monoisotopic (exact) mass is 445 g/mol. The van der Waals surface area contributed by atoms with Gasteiger partial charge in [-0.2, -0.15) is 0 Å². The number of nitrogen functional groups attached to an aromatic ring is 1. The molecule has 9 heteroatoms. The Balaban J connectivity index is 1.79. The molecule has 33 heavy (non-hydrogen) atoms. The summed E-state index contributed by atoms with van der Waals surface area (Å²) >= 11 is 0. The van der Waals surface area contributed by atoms with Crippen molar-refractivity contribution in [2.45, 2.75) is 20.4 Å². The zero-order valence-corrected chi connectivity index (χ0v) is 18.2. The molecule has 9 nitrogen and oxygen atoms in total. The largest absolute Gasteiger partial charge is 0.421 e. The number of hydrazine groups is 1. The van der Waals surface area contributed by atoms with Crippen LogP contribution >= 0.6 is 0 Å². The number of carbonyl (C=O) groups excluding carboxylic acids is 3. The topological polar surface area (TPSA) is 136 Å². The molecule has 168 valence electrons. The number of hydrogen-bond donors (Lipinski definition) is 3. The van der Waals surface area contributed by atoms with E-state index in [-0.39, 0.29) is 23.8 Å². The van der Waals surface area contributed by atoms with Gasteiger partial charge in [0.15, 0.2) is 12.0 Å². The van der Waals surface area contributed by atoms with Gasteiger partial charge in [-0.1, -0.05) is 18.2 Å². The number of nitrogens with one attached hydrogen (secondary N) is 2. The number of ether oxygens (including phenoxy) is 1. The number of carbonyl (C=O) groups is 3. The van der Waals surface area contributed by atoms with Crippen LogP contribution in [-0.2, 0) is 11.3 Å². The summed E-state index contributed by atoms with van der Waals surface area (Å²) in [5.74, 6) is -0.856. The summed E-state index contributed by atoms with van der Waals surface area (Å²) in [7, 11) is 0. The van der Waals surface area contributed by atoms with Gasteiger partial charge in [-0.3, -0.25) is 25.0 Å². The molecule has 3 aromatic rings. The van der Waals surface area contributed by atoms with Crippen molar-refractivity contribution >= 4 is 29.9 Å². The molecule has 4 N–H and O–H groups in total. The smallest absolute Gasteiger partial charge is 0.339 e. The molecule has 2 aromatic heterocycles. The number of para-hydroxylation sites is 1. The van der Waals surface area contributed by atoms with Crippen molar-refractivity contribution in [2.24, 2.45) is 0 Å². The first-order chi connectivity index (χ1) is 15.9. The molecule has 0 saturated heterocycles. The van der Waals surface area contributed by atoms with Crippen molar-refractivity contribution in [3.8, 4) is 5.75 Å². The van der Waals surface area contributed by atoms with E-state index in [2.05, 4.69) is 20.8 Å². The lowest BCUT2D eigenvalue weighted by molar-refractivity contribution is -0.130. The van der Waals surface area contributed by atoms with Crippen LogP contribution in [0.1, 0.15) is 44.5 Å². The summed E-state index contributed by atoms with van der Waals surface area (Å²) in [6, 6.07) is 10.3. The maximum absolute atomic E-state index is 12.8. The number of esters is 1. The number of pyridine rings is 2. The molecule has 0 aliphatic rings. The fraction of sp³-hybridized carbons (Fsp3) is 0.125. The molecule has 0 spiro atoms. The van der Waals surface area contributed by atoms with Gasteiger partial charge in [0.05, 0.1) is 5.69 Å². The Hall–Kier alpha value is -4.37. The highest BCUT2D eigenvalue weighted by Gasteiger charge is 2.18. The number of hydrogen-bond acceptors (Lipinski definition) is 8. The van der Waals surface area contributed by atoms with Crippen LogP contribution in [-0.4, -0.2) is 28.1 Å². The number of amides is 1. The Morgan fingerprint density at radius 3 is 2.55 bits per heavy atom. The first kappa shape index (κ1) is 23.3. The minimum Gasteiger partial charge on any atom is -0.421 e. The van der Waals surface area contributed by atoms with Crippen LogP contribution in [0.3, 0.4) is 0 Å². The lowest BCUT2D eigenvalue weighted by atomic mass is 10.1. The lowest BCUT2D eigenvalue weighted by Crippen LogP contribution is -2.37. The number of aryl methyl sites for hydroxylation is 1. The van der Waals surface area contributed by atoms with Crippen LogP contribution < -0.4 is 21.3 Å². The second kappa shape index (κ2) is 10.8. The highest BCUT2D eigenvalue weighted by Crippen LogP contribution is 2.26. The summed E-state index contributed by atoms with van der Waals surface area (Å²) in [6.07, 6.45) is 6.62. The van der Waals surface area contributed by atoms with Crippen LogP contribution in [0, 0.1) is 6.92 Å². The number of rotatable bonds is 8. The van der Waals surface area contributed by atoms with Crippen LogP contribution in [0.4, 0.5) is 5.69 Å². The Labute approximate surface area is 190 Å². The number of nitrogens with two attached hydrogens (primary N) is 1. The van der Waals surface area contributed by atoms with E-state index in [9.17, 15) is 14.4 Å². The fourth-order valence-electron chi connectivity index (χ4n) is 2.97. The van der Waals surface area contributed by atoms with Gasteiger partial charge in [0, 0.05) is 53.1 Å². The van der Waals surface area contributed by atoms with Crippen molar-refractivity contribution < 1.29 is 19.1 Å². The number of nitrogens with zero attached hydrogens (tertiary/aromatic N) is 2. The van der Waals surface area contributed by atoms with Gasteiger partial charge in [-0.05, 0) is 43.7 Å². The summed E-state index contributed by atoms with van der Waals surface area (Å²) < 4.78 is 5.60. The summed E-state index contributed by atoms with van der Waals surface area (Å²) in [6.45, 7) is 3.28. The summed E-state index contributed by atoms with van der Waals surface area (Å²) in [4.78, 5) is 44.6. The van der Waals surface area contributed by atoms with Crippen molar-refractivity contribution in [2.75, 3.05) is 5.73 Å². The molecule has 0 fully saturated rings. The van der Waals surface area contributed by atoms with Gasteiger partial charge in [-0.15, -0.1) is 0 Å². The van der Waals surface area contributed by atoms with Crippen LogP contribution in [0.15, 0.2) is 60.6 Å². The first-order valence-corrected chi connectivity index (χ1v) is 10.0. The van der Waals surface area contributed by atoms with Gasteiger partial charge in [-0.25, -0.2) is 10.2 Å². The maximum Gasteiger partial charge on any atom is 0.339 e. The third-order valence-electron chi connectivity index (χ3n) is 4.77. The molecule has 0 aliphatic carbocycles. The second-order valence-electron chi connectivity index (χ2n) is 7.11. The van der Waals surface area contributed by atoms with Gasteiger partial charge in [0.1, 0.15) is 0 Å². The number of benzene rings is 1. The maximum atomic E-state index is 12.8. The average molecular weight is 445 g/mol. The van der Waals surface area contributed by atoms with Crippen LogP contribution in [0.25, 0.3) is 6.08 Å². The molecule has 1 aromatic carbocycles. The Morgan fingerprint density at radius 2 is 1.85 bits per heavy atom. The van der Waals surface area contributed by atoms with Gasteiger partial charge >= 0.3 is 5.97 Å². The number of anilines is 1. The SMILES string of the molecule is CC(=Cc1ccccc1N)C(=O)Oc1c(C)ncc(C=O)c1CNNC(=O)c1ccncc1. The molecule has 0 radical (unpaired) electrons. The van der Waals surface area contributed by atoms with Crippen molar-refractivity contribution in [1.29, 1.82) is 0 Å². The molecule has 0 unspecified atom stereocenters. The minimum absolute atomic E-state index is 0.0191. The highest BCUT2D eigenvalue weighted by atomic mass is 16.5. The minimum atomic E-state index is -0.617. The van der Waals surface area contributed by atoms with E-state index in [1.165, 1.54) is 18.6 Å². The van der Waals surface area contributed by atoms with Crippen molar-refractivity contribution in [3.05, 3.63) is 88.5 Å². The van der Waals surface area contributed by atoms with Gasteiger partial charge in [0.2, 0.25) is 0 Å². The molecule has 0 atom stereocenters. The Kier molecular flexibility index (Phi) is 7.61. The predicted octanol–water partition coefficient (Wildman–Crippen LogP) is 2.62. The average Bonchev–Trinajstić information content (AvgIpc) is 2.83. The molecule has 0 aliphatic heterocycles. The first-order valence-electron chi connectivity index (χ1n) is 10.0. The van der Waals surface area contributed by atoms with Gasteiger partial charge in [0.25, 0.3) is 5.91 Å². The second-order valence-corrected chi connectivity index (χ2v) is 7.11. The third-order valence-corrected chi connectivity index (χ3v) is 4.77. The number of aromatic nitrogens is 2. The van der Waals surface area contributed by atoms with E-state index in [0.29, 0.717) is 39.9 Å². The number of aldehydes is 1. The zero-order chi connectivity index (χ0) is 23.8. The molecule has 0 bridgehead atoms. The van der Waals surface area contributed by atoms with Crippen molar-refractivity contribution in [3.63, 3.8) is 0 Å². The van der Waals surface area contributed by atoms with Crippen molar-refractivity contribution in [1.82, 2.24) is 20.8 Å². The normalized spacial score (nSPS) is 11.0. The molecule has 0 saturated carbocycles. The standard InChI is InChI=1S/C24H23N5O4/c1-15(11-18-5-3-4-6-21(18)25)24(32)33-22-16(2)27-12-19(14-30)20(22)13-28-29-23(31)17-7-9-26-10-8-17/h3-12,14,28H,13,25H2,1-2H3,(H,29,31). The molecular weight excluding hydrogens is 422 g/mol. The van der Waals surface area contributed by atoms with Crippen LogP contribution in [0.5, 0.6) is 5.75 Å². The Morgan fingerprint density at radius 1 is 1.12 bits per heavy atom. The van der Waals surface area contributed by atoms with E-state index in [4.69, 9.17) is 10.5 Å². The van der Waals surface area contributed by atoms with E-state index >= 15 is 0 Å².